The van der Waals surface area contributed by atoms with Crippen LogP contribution in [0.25, 0.3) is 0 Å². The van der Waals surface area contributed by atoms with Gasteiger partial charge in [0.2, 0.25) is 5.91 Å². The molecule has 2 N–H and O–H groups in total. The van der Waals surface area contributed by atoms with Crippen molar-refractivity contribution in [3.63, 3.8) is 0 Å². The quantitative estimate of drug-likeness (QED) is 0.856. The number of para-hydroxylation sites is 1. The van der Waals surface area contributed by atoms with Crippen LogP contribution in [0.15, 0.2) is 24.3 Å². The largest absolute Gasteiger partial charge is 0.481 e. The van der Waals surface area contributed by atoms with Crippen molar-refractivity contribution in [3.8, 4) is 0 Å². The molecule has 102 valence electrons. The normalized spacial score (nSPS) is 21.5. The van der Waals surface area contributed by atoms with Gasteiger partial charge in [0.25, 0.3) is 0 Å². The standard InChI is InChI=1S/C15H19NO3/c1-2-5-10-6-3-4-7-13(10)16-14(17)11-8-9-12(11)15(18)19/h3-4,6-7,11-12H,2,5,8-9H2,1H3,(H,16,17)(H,18,19). The summed E-state index contributed by atoms with van der Waals surface area (Å²) < 4.78 is 0. The molecule has 19 heavy (non-hydrogen) atoms. The van der Waals surface area contributed by atoms with E-state index in [1.165, 1.54) is 0 Å². The zero-order valence-electron chi connectivity index (χ0n) is 11.1. The number of aryl methyl sites for hydroxylation is 1. The van der Waals surface area contributed by atoms with E-state index in [1.807, 2.05) is 24.3 Å². The van der Waals surface area contributed by atoms with E-state index in [-0.39, 0.29) is 11.8 Å². The molecule has 0 aromatic heterocycles. The third-order valence-electron chi connectivity index (χ3n) is 3.72. The molecular weight excluding hydrogens is 242 g/mol. The lowest BCUT2D eigenvalue weighted by molar-refractivity contribution is -0.151. The monoisotopic (exact) mass is 261 g/mol. The first kappa shape index (κ1) is 13.6. The zero-order valence-corrected chi connectivity index (χ0v) is 11.1. The van der Waals surface area contributed by atoms with Crippen LogP contribution in [0.4, 0.5) is 5.69 Å². The van der Waals surface area contributed by atoms with Gasteiger partial charge in [-0.25, -0.2) is 0 Å². The van der Waals surface area contributed by atoms with E-state index in [0.717, 1.165) is 24.1 Å². The first-order valence-electron chi connectivity index (χ1n) is 6.75. The molecule has 0 radical (unpaired) electrons. The van der Waals surface area contributed by atoms with Gasteiger partial charge in [0.05, 0.1) is 11.8 Å². The fraction of sp³-hybridized carbons (Fsp3) is 0.467. The Hall–Kier alpha value is -1.84. The number of aliphatic carboxylic acids is 1. The molecule has 4 heteroatoms. The van der Waals surface area contributed by atoms with Gasteiger partial charge < -0.3 is 10.4 Å². The summed E-state index contributed by atoms with van der Waals surface area (Å²) in [6.07, 6.45) is 3.18. The molecule has 2 rings (SSSR count). The Morgan fingerprint density at radius 3 is 2.53 bits per heavy atom. The second-order valence-corrected chi connectivity index (χ2v) is 5.02. The smallest absolute Gasteiger partial charge is 0.307 e. The van der Waals surface area contributed by atoms with Gasteiger partial charge in [-0.15, -0.1) is 0 Å². The van der Waals surface area contributed by atoms with E-state index >= 15 is 0 Å². The number of benzene rings is 1. The van der Waals surface area contributed by atoms with Crippen LogP contribution in [0.3, 0.4) is 0 Å². The number of carboxylic acid groups (broad SMARTS) is 1. The topological polar surface area (TPSA) is 66.4 Å². The molecule has 0 bridgehead atoms. The molecule has 0 aliphatic heterocycles. The fourth-order valence-electron chi connectivity index (χ4n) is 2.46. The third-order valence-corrected chi connectivity index (χ3v) is 3.72. The van der Waals surface area contributed by atoms with Crippen LogP contribution in [0.5, 0.6) is 0 Å². The van der Waals surface area contributed by atoms with E-state index in [1.54, 1.807) is 0 Å². The van der Waals surface area contributed by atoms with Gasteiger partial charge in [-0.1, -0.05) is 31.5 Å². The number of carboxylic acids is 1. The second kappa shape index (κ2) is 5.87. The van der Waals surface area contributed by atoms with Crippen molar-refractivity contribution in [2.75, 3.05) is 5.32 Å². The second-order valence-electron chi connectivity index (χ2n) is 5.02. The summed E-state index contributed by atoms with van der Waals surface area (Å²) in [5, 5.41) is 11.9. The Balaban J connectivity index is 2.05. The summed E-state index contributed by atoms with van der Waals surface area (Å²) in [6.45, 7) is 2.09. The number of anilines is 1. The maximum absolute atomic E-state index is 12.1. The highest BCUT2D eigenvalue weighted by Crippen LogP contribution is 2.35. The first-order valence-corrected chi connectivity index (χ1v) is 6.75. The molecule has 1 aliphatic rings. The van der Waals surface area contributed by atoms with Gasteiger partial charge in [-0.2, -0.15) is 0 Å². The molecule has 1 aliphatic carbocycles. The molecule has 1 fully saturated rings. The van der Waals surface area contributed by atoms with Gasteiger partial charge >= 0.3 is 5.97 Å². The lowest BCUT2D eigenvalue weighted by atomic mass is 9.73. The van der Waals surface area contributed by atoms with Crippen molar-refractivity contribution < 1.29 is 14.7 Å². The molecule has 2 atom stereocenters. The van der Waals surface area contributed by atoms with Crippen molar-refractivity contribution in [3.05, 3.63) is 29.8 Å². The van der Waals surface area contributed by atoms with E-state index in [9.17, 15) is 9.59 Å². The number of carbonyl (C=O) groups is 2. The van der Waals surface area contributed by atoms with Crippen LogP contribution in [-0.2, 0) is 16.0 Å². The summed E-state index contributed by atoms with van der Waals surface area (Å²) in [5.41, 5.74) is 1.91. The minimum absolute atomic E-state index is 0.165. The van der Waals surface area contributed by atoms with Gasteiger partial charge in [0.15, 0.2) is 0 Å². The van der Waals surface area contributed by atoms with Gasteiger partial charge in [0.1, 0.15) is 0 Å². The van der Waals surface area contributed by atoms with Crippen LogP contribution in [0.2, 0.25) is 0 Å². The average Bonchev–Trinajstić information content (AvgIpc) is 2.29. The molecule has 1 aromatic carbocycles. The Morgan fingerprint density at radius 1 is 1.26 bits per heavy atom. The van der Waals surface area contributed by atoms with E-state index < -0.39 is 11.9 Å². The minimum atomic E-state index is -0.867. The summed E-state index contributed by atoms with van der Waals surface area (Å²) in [5.74, 6) is -1.93. The van der Waals surface area contributed by atoms with Crippen molar-refractivity contribution >= 4 is 17.6 Å². The highest BCUT2D eigenvalue weighted by atomic mass is 16.4. The summed E-state index contributed by atoms with van der Waals surface area (Å²) in [6, 6.07) is 7.69. The number of carbonyl (C=O) groups excluding carboxylic acids is 1. The Labute approximate surface area is 112 Å². The highest BCUT2D eigenvalue weighted by Gasteiger charge is 2.41. The van der Waals surface area contributed by atoms with Crippen LogP contribution < -0.4 is 5.32 Å². The number of nitrogens with one attached hydrogen (secondary N) is 1. The molecule has 0 saturated heterocycles. The van der Waals surface area contributed by atoms with Crippen LogP contribution in [-0.4, -0.2) is 17.0 Å². The highest BCUT2D eigenvalue weighted by molar-refractivity contribution is 5.96. The van der Waals surface area contributed by atoms with Gasteiger partial charge in [0, 0.05) is 5.69 Å². The molecular formula is C15H19NO3. The molecule has 0 heterocycles. The zero-order chi connectivity index (χ0) is 13.8. The van der Waals surface area contributed by atoms with Crippen molar-refractivity contribution in [1.29, 1.82) is 0 Å². The average molecular weight is 261 g/mol. The lowest BCUT2D eigenvalue weighted by Crippen LogP contribution is -2.41. The number of hydrogen-bond acceptors (Lipinski definition) is 2. The van der Waals surface area contributed by atoms with Crippen LogP contribution in [0.1, 0.15) is 31.7 Å². The van der Waals surface area contributed by atoms with Crippen molar-refractivity contribution in [2.24, 2.45) is 11.8 Å². The number of hydrogen-bond donors (Lipinski definition) is 2. The predicted molar refractivity (Wildman–Crippen MR) is 72.9 cm³/mol. The SMILES string of the molecule is CCCc1ccccc1NC(=O)C1CCC1C(=O)O. The number of amides is 1. The first-order chi connectivity index (χ1) is 9.13. The molecule has 2 unspecified atom stereocenters. The van der Waals surface area contributed by atoms with Crippen LogP contribution in [0, 0.1) is 11.8 Å². The van der Waals surface area contributed by atoms with Crippen molar-refractivity contribution in [1.82, 2.24) is 0 Å². The van der Waals surface area contributed by atoms with E-state index in [4.69, 9.17) is 5.11 Å². The summed E-state index contributed by atoms with van der Waals surface area (Å²) in [4.78, 5) is 23.0. The van der Waals surface area contributed by atoms with Crippen LogP contribution >= 0.6 is 0 Å². The minimum Gasteiger partial charge on any atom is -0.481 e. The third kappa shape index (κ3) is 2.95. The predicted octanol–water partition coefficient (Wildman–Crippen LogP) is 2.69. The fourth-order valence-corrected chi connectivity index (χ4v) is 2.46. The number of rotatable bonds is 5. The summed E-state index contributed by atoms with van der Waals surface area (Å²) >= 11 is 0. The van der Waals surface area contributed by atoms with Crippen molar-refractivity contribution in [2.45, 2.75) is 32.6 Å². The summed E-state index contributed by atoms with van der Waals surface area (Å²) in [7, 11) is 0. The van der Waals surface area contributed by atoms with E-state index in [0.29, 0.717) is 12.8 Å². The Bertz CT molecular complexity index is 484. The van der Waals surface area contributed by atoms with Gasteiger partial charge in [-0.05, 0) is 30.9 Å². The van der Waals surface area contributed by atoms with E-state index in [2.05, 4.69) is 12.2 Å². The Morgan fingerprint density at radius 2 is 1.95 bits per heavy atom. The lowest BCUT2D eigenvalue weighted by Gasteiger charge is -2.32. The maximum atomic E-state index is 12.1. The molecule has 1 aromatic rings. The molecule has 0 spiro atoms. The molecule has 1 amide bonds. The van der Waals surface area contributed by atoms with Gasteiger partial charge in [-0.3, -0.25) is 9.59 Å². The maximum Gasteiger partial charge on any atom is 0.307 e. The molecule has 1 saturated carbocycles. The molecule has 4 nitrogen and oxygen atoms in total. The Kier molecular flexibility index (Phi) is 4.20.